The summed E-state index contributed by atoms with van der Waals surface area (Å²) in [4.78, 5) is 0. The molecule has 0 radical (unpaired) electrons. The monoisotopic (exact) mass is 298 g/mol. The molecular weight excluding hydrogens is 274 g/mol. The Kier molecular flexibility index (Phi) is 5.51. The molecule has 1 unspecified atom stereocenters. The van der Waals surface area contributed by atoms with Crippen LogP contribution in [0.5, 0.6) is 5.88 Å². The van der Waals surface area contributed by atoms with Gasteiger partial charge in [0, 0.05) is 12.0 Å². The van der Waals surface area contributed by atoms with Crippen molar-refractivity contribution >= 4 is 17.3 Å². The van der Waals surface area contributed by atoms with E-state index < -0.39 is 0 Å². The molecule has 0 saturated carbocycles. The number of unbranched alkanes of at least 4 members (excludes halogenated alkanes) is 3. The number of likely N-dealkylation sites (N-methyl/N-ethyl adjacent to an activating group) is 1. The van der Waals surface area contributed by atoms with Crippen LogP contribution < -0.4 is 4.74 Å². The Bertz CT molecular complexity index is 457. The summed E-state index contributed by atoms with van der Waals surface area (Å²) < 4.78 is 14.3. The Hall–Kier alpha value is -0.980. The summed E-state index contributed by atoms with van der Waals surface area (Å²) in [5.41, 5.74) is 1.85. The number of hydroxylamine groups is 3. The molecule has 0 fully saturated rings. The van der Waals surface area contributed by atoms with Gasteiger partial charge in [0.1, 0.15) is 18.8 Å². The predicted molar refractivity (Wildman–Crippen MR) is 79.8 cm³/mol. The molecule has 112 valence electrons. The van der Waals surface area contributed by atoms with E-state index >= 15 is 0 Å². The Morgan fingerprint density at radius 2 is 2.20 bits per heavy atom. The summed E-state index contributed by atoms with van der Waals surface area (Å²) >= 11 is 1.17. The van der Waals surface area contributed by atoms with Gasteiger partial charge in [-0.3, -0.25) is 0 Å². The quantitative estimate of drug-likeness (QED) is 0.621. The highest BCUT2D eigenvalue weighted by Crippen LogP contribution is 2.28. The highest BCUT2D eigenvalue weighted by Gasteiger charge is 2.28. The van der Waals surface area contributed by atoms with Gasteiger partial charge >= 0.3 is 0 Å². The molecule has 20 heavy (non-hydrogen) atoms. The second-order valence-electron chi connectivity index (χ2n) is 5.57. The molecule has 1 aliphatic rings. The summed E-state index contributed by atoms with van der Waals surface area (Å²) in [6.45, 7) is 4.20. The van der Waals surface area contributed by atoms with Crippen LogP contribution in [0.15, 0.2) is 6.08 Å². The first-order valence-electron chi connectivity index (χ1n) is 7.34. The maximum absolute atomic E-state index is 10.1. The van der Waals surface area contributed by atoms with Gasteiger partial charge < -0.3 is 4.74 Å². The average Bonchev–Trinajstić information content (AvgIpc) is 2.86. The van der Waals surface area contributed by atoms with Crippen molar-refractivity contribution < 1.29 is 14.6 Å². The van der Waals surface area contributed by atoms with Gasteiger partial charge in [-0.05, 0) is 6.42 Å². The first-order valence-corrected chi connectivity index (χ1v) is 8.07. The summed E-state index contributed by atoms with van der Waals surface area (Å²) in [7, 11) is 1.82. The molecule has 0 spiro atoms. The van der Waals surface area contributed by atoms with Crippen molar-refractivity contribution in [2.75, 3.05) is 26.7 Å². The summed E-state index contributed by atoms with van der Waals surface area (Å²) in [5.74, 6) is 0.625. The molecule has 0 aliphatic carbocycles. The zero-order chi connectivity index (χ0) is 14.4. The van der Waals surface area contributed by atoms with Crippen LogP contribution >= 0.6 is 11.7 Å². The summed E-state index contributed by atoms with van der Waals surface area (Å²) in [6, 6.07) is 0. The minimum Gasteiger partial charge on any atom is -0.475 e. The standard InChI is InChI=1S/C14H24N3O2S/c1-3-4-5-6-10-19-14-13(15-20-16-14)12-8-7-9-17(2,18)11-12/h8,18H,3-7,9-11H2,1-2H3/q+1. The minimum atomic E-state index is 0.0132. The number of aromatic nitrogens is 2. The van der Waals surface area contributed by atoms with E-state index in [4.69, 9.17) is 4.74 Å². The fourth-order valence-electron chi connectivity index (χ4n) is 2.37. The van der Waals surface area contributed by atoms with E-state index in [1.54, 1.807) is 0 Å². The van der Waals surface area contributed by atoms with E-state index in [1.165, 1.54) is 31.0 Å². The van der Waals surface area contributed by atoms with Crippen LogP contribution in [0.2, 0.25) is 0 Å². The number of hydrogen-bond donors (Lipinski definition) is 1. The van der Waals surface area contributed by atoms with Crippen molar-refractivity contribution in [3.05, 3.63) is 11.8 Å². The lowest BCUT2D eigenvalue weighted by atomic mass is 10.1. The third-order valence-electron chi connectivity index (χ3n) is 3.51. The van der Waals surface area contributed by atoms with Gasteiger partial charge in [0.05, 0.1) is 25.4 Å². The van der Waals surface area contributed by atoms with Gasteiger partial charge in [0.25, 0.3) is 5.88 Å². The van der Waals surface area contributed by atoms with Gasteiger partial charge in [0.15, 0.2) is 0 Å². The normalized spacial score (nSPS) is 22.6. The molecule has 5 nitrogen and oxygen atoms in total. The van der Waals surface area contributed by atoms with Crippen LogP contribution in [0.4, 0.5) is 0 Å². The molecule has 2 rings (SSSR count). The summed E-state index contributed by atoms with van der Waals surface area (Å²) in [6.07, 6.45) is 7.71. The van der Waals surface area contributed by atoms with Crippen molar-refractivity contribution in [3.8, 4) is 5.88 Å². The largest absolute Gasteiger partial charge is 0.475 e. The number of hydrogen-bond acceptors (Lipinski definition) is 5. The van der Waals surface area contributed by atoms with Gasteiger partial charge in [-0.2, -0.15) is 9.02 Å². The van der Waals surface area contributed by atoms with Crippen molar-refractivity contribution in [2.45, 2.75) is 39.0 Å². The topological polar surface area (TPSA) is 55.2 Å². The van der Waals surface area contributed by atoms with Crippen LogP contribution in [0.1, 0.15) is 44.7 Å². The lowest BCUT2D eigenvalue weighted by molar-refractivity contribution is -1.08. The fourth-order valence-corrected chi connectivity index (χ4v) is 2.90. The molecular formula is C14H24N3O2S+. The van der Waals surface area contributed by atoms with E-state index in [2.05, 4.69) is 21.7 Å². The third-order valence-corrected chi connectivity index (χ3v) is 4.02. The van der Waals surface area contributed by atoms with E-state index in [0.29, 0.717) is 19.0 Å². The van der Waals surface area contributed by atoms with Gasteiger partial charge in [-0.25, -0.2) is 5.21 Å². The highest BCUT2D eigenvalue weighted by atomic mass is 32.1. The molecule has 1 aliphatic heterocycles. The molecule has 1 N–H and O–H groups in total. The molecule has 0 bridgehead atoms. The van der Waals surface area contributed by atoms with Crippen LogP contribution in [-0.2, 0) is 0 Å². The first-order chi connectivity index (χ1) is 9.62. The molecule has 0 amide bonds. The van der Waals surface area contributed by atoms with Crippen LogP contribution in [0.25, 0.3) is 5.57 Å². The fraction of sp³-hybridized carbons (Fsp3) is 0.714. The molecule has 0 aromatic carbocycles. The first kappa shape index (κ1) is 15.4. The lowest BCUT2D eigenvalue weighted by Crippen LogP contribution is -2.44. The molecule has 0 saturated heterocycles. The number of ether oxygens (including phenoxy) is 1. The minimum absolute atomic E-state index is 0.0132. The molecule has 6 heteroatoms. The highest BCUT2D eigenvalue weighted by molar-refractivity contribution is 6.99. The van der Waals surface area contributed by atoms with Gasteiger partial charge in [-0.15, -0.1) is 4.37 Å². The Balaban J connectivity index is 1.93. The smallest absolute Gasteiger partial charge is 0.253 e. The van der Waals surface area contributed by atoms with Gasteiger partial charge in [0.2, 0.25) is 0 Å². The van der Waals surface area contributed by atoms with Gasteiger partial charge in [-0.1, -0.05) is 32.3 Å². The van der Waals surface area contributed by atoms with E-state index in [0.717, 1.165) is 30.7 Å². The predicted octanol–water partition coefficient (Wildman–Crippen LogP) is 3.12. The Labute approximate surface area is 124 Å². The number of quaternary nitrogens is 1. The lowest BCUT2D eigenvalue weighted by Gasteiger charge is -2.29. The van der Waals surface area contributed by atoms with E-state index in [9.17, 15) is 5.21 Å². The second-order valence-corrected chi connectivity index (χ2v) is 6.09. The van der Waals surface area contributed by atoms with E-state index in [1.807, 2.05) is 7.05 Å². The number of nitrogens with zero attached hydrogens (tertiary/aromatic N) is 3. The average molecular weight is 298 g/mol. The molecule has 2 heterocycles. The zero-order valence-electron chi connectivity index (χ0n) is 12.3. The van der Waals surface area contributed by atoms with Crippen molar-refractivity contribution in [1.29, 1.82) is 0 Å². The zero-order valence-corrected chi connectivity index (χ0v) is 13.2. The maximum atomic E-state index is 10.1. The van der Waals surface area contributed by atoms with Crippen LogP contribution in [-0.4, -0.2) is 45.3 Å². The van der Waals surface area contributed by atoms with Crippen molar-refractivity contribution in [1.82, 2.24) is 8.75 Å². The second kappa shape index (κ2) is 7.15. The van der Waals surface area contributed by atoms with E-state index in [-0.39, 0.29) is 4.65 Å². The van der Waals surface area contributed by atoms with Crippen LogP contribution in [0, 0.1) is 0 Å². The third kappa shape index (κ3) is 4.26. The molecule has 1 aromatic rings. The van der Waals surface area contributed by atoms with Crippen molar-refractivity contribution in [3.63, 3.8) is 0 Å². The Morgan fingerprint density at radius 1 is 1.35 bits per heavy atom. The van der Waals surface area contributed by atoms with Crippen LogP contribution in [0.3, 0.4) is 0 Å². The Morgan fingerprint density at radius 3 is 2.95 bits per heavy atom. The number of rotatable bonds is 7. The van der Waals surface area contributed by atoms with Crippen molar-refractivity contribution in [2.24, 2.45) is 0 Å². The summed E-state index contributed by atoms with van der Waals surface area (Å²) in [5, 5.41) is 10.1. The SMILES string of the molecule is CCCCCCOc1nsnc1C1=CCC[N+](C)(O)C1. The maximum Gasteiger partial charge on any atom is 0.253 e. The molecule has 1 atom stereocenters. The molecule has 1 aromatic heterocycles.